The van der Waals surface area contributed by atoms with Crippen LogP contribution < -0.4 is 0 Å². The van der Waals surface area contributed by atoms with Crippen LogP contribution in [0.5, 0.6) is 0 Å². The molecular weight excluding hydrogens is 164 g/mol. The number of rotatable bonds is 1. The molecule has 64 valence electrons. The summed E-state index contributed by atoms with van der Waals surface area (Å²) < 4.78 is 15.7. The molecule has 0 aliphatic heterocycles. The molecule has 0 atom stereocenters. The van der Waals surface area contributed by atoms with Crippen molar-refractivity contribution in [2.75, 3.05) is 0 Å². The summed E-state index contributed by atoms with van der Waals surface area (Å²) in [4.78, 5) is 0. The van der Waals surface area contributed by atoms with Crippen LogP contribution in [0.2, 0.25) is 45.3 Å². The highest BCUT2D eigenvalue weighted by Crippen LogP contribution is 2.06. The molecule has 2 heteroatoms. The molecule has 0 aromatic rings. The Morgan fingerprint density at radius 1 is 1.09 bits per heavy atom. The third kappa shape index (κ3) is 9.99. The van der Waals surface area contributed by atoms with E-state index in [0.29, 0.717) is 0 Å². The van der Waals surface area contributed by atoms with Gasteiger partial charge in [-0.15, -0.1) is 11.5 Å². The van der Waals surface area contributed by atoms with Crippen LogP contribution in [0, 0.1) is 11.5 Å². The summed E-state index contributed by atoms with van der Waals surface area (Å²) in [6, 6.07) is 0. The first-order valence-electron chi connectivity index (χ1n) is 5.00. The maximum Gasteiger partial charge on any atom is 0.129 e. The molecule has 0 spiro atoms. The van der Waals surface area contributed by atoms with E-state index >= 15 is 0 Å². The Hall–Kier alpha value is -0.00623. The van der Waals surface area contributed by atoms with Crippen LogP contribution in [-0.2, 0) is 0 Å². The topological polar surface area (TPSA) is 0 Å². The van der Waals surface area contributed by atoms with Gasteiger partial charge < -0.3 is 0 Å². The second-order valence-electron chi connectivity index (χ2n) is 4.88. The van der Waals surface area contributed by atoms with E-state index in [2.05, 4.69) is 31.1 Å². The Morgan fingerprint density at radius 2 is 1.55 bits per heavy atom. The molecule has 0 heterocycles. The predicted molar refractivity (Wildman–Crippen MR) is 59.3 cm³/mol. The van der Waals surface area contributed by atoms with E-state index in [-0.39, 0.29) is 0 Å². The fraction of sp³-hybridized carbons (Fsp3) is 0.778. The largest absolute Gasteiger partial charge is 0.132 e. The van der Waals surface area contributed by atoms with Gasteiger partial charge in [0, 0.05) is 8.74 Å². The van der Waals surface area contributed by atoms with Gasteiger partial charge in [-0.1, -0.05) is 39.3 Å². The van der Waals surface area contributed by atoms with E-state index in [9.17, 15) is 0 Å². The van der Waals surface area contributed by atoms with Crippen LogP contribution in [0.4, 0.5) is 0 Å². The van der Waals surface area contributed by atoms with E-state index in [1.807, 2.05) is 19.6 Å². The molecular formula is C9H20Si2. The first-order chi connectivity index (χ1) is 5.46. The fourth-order valence-corrected chi connectivity index (χ4v) is 1.41. The lowest BCUT2D eigenvalue weighted by Crippen LogP contribution is -2.20. The molecule has 0 rings (SSSR count). The average molecular weight is 186 g/mol. The fourth-order valence-electron chi connectivity index (χ4n) is 0.406. The summed E-state index contributed by atoms with van der Waals surface area (Å²) >= 11 is 0. The van der Waals surface area contributed by atoms with Crippen molar-refractivity contribution in [1.82, 2.24) is 0 Å². The summed E-state index contributed by atoms with van der Waals surface area (Å²) in [7, 11) is -3.23. The molecule has 0 aromatic heterocycles. The first kappa shape index (κ1) is 7.63. The predicted octanol–water partition coefficient (Wildman–Crippen LogP) is 3.21. The van der Waals surface area contributed by atoms with Crippen molar-refractivity contribution in [2.45, 2.75) is 45.3 Å². The lowest BCUT2D eigenvalue weighted by atomic mass is 10.8. The van der Waals surface area contributed by atoms with Crippen molar-refractivity contribution in [3.05, 3.63) is 0 Å². The Labute approximate surface area is 76.2 Å². The molecule has 0 nitrogen and oxygen atoms in total. The Bertz CT molecular complexity index is 235. The van der Waals surface area contributed by atoms with Gasteiger partial charge in [0.05, 0.1) is 8.07 Å². The van der Waals surface area contributed by atoms with Gasteiger partial charge in [-0.3, -0.25) is 0 Å². The van der Waals surface area contributed by atoms with Gasteiger partial charge in [0.2, 0.25) is 0 Å². The van der Waals surface area contributed by atoms with Gasteiger partial charge in [-0.25, -0.2) is 0 Å². The third-order valence-electron chi connectivity index (χ3n) is 0.875. The standard InChI is InChI=1S/C9H20Si2/c1-10(2,3)8-7-9-11(4,5)6/h8H2,1-6H3/i8D2. The first-order valence-corrected chi connectivity index (χ1v) is 11.0. The molecule has 0 aliphatic carbocycles. The molecule has 0 fully saturated rings. The quantitative estimate of drug-likeness (QED) is 0.436. The maximum absolute atomic E-state index is 7.83. The average Bonchev–Trinajstić information content (AvgIpc) is 1.79. The highest BCUT2D eigenvalue weighted by atomic mass is 28.3. The van der Waals surface area contributed by atoms with Gasteiger partial charge in [0.25, 0.3) is 0 Å². The summed E-state index contributed by atoms with van der Waals surface area (Å²) in [5.74, 6) is 1.60. The molecule has 0 bridgehead atoms. The van der Waals surface area contributed by atoms with E-state index < -0.39 is 22.1 Å². The highest BCUT2D eigenvalue weighted by molar-refractivity contribution is 6.84. The Morgan fingerprint density at radius 3 is 1.82 bits per heavy atom. The number of hydrogen-bond acceptors (Lipinski definition) is 0. The van der Waals surface area contributed by atoms with Crippen LogP contribution in [-0.4, -0.2) is 16.1 Å². The monoisotopic (exact) mass is 186 g/mol. The van der Waals surface area contributed by atoms with Crippen molar-refractivity contribution in [1.29, 1.82) is 0 Å². The lowest BCUT2D eigenvalue weighted by Gasteiger charge is -2.11. The normalized spacial score (nSPS) is 16.2. The van der Waals surface area contributed by atoms with Crippen molar-refractivity contribution >= 4 is 16.1 Å². The molecule has 0 N–H and O–H groups in total. The van der Waals surface area contributed by atoms with Crippen molar-refractivity contribution in [3.8, 4) is 11.5 Å². The molecule has 0 aromatic carbocycles. The molecule has 0 aliphatic rings. The minimum atomic E-state index is -1.80. The van der Waals surface area contributed by atoms with Crippen molar-refractivity contribution < 1.29 is 2.74 Å². The van der Waals surface area contributed by atoms with Gasteiger partial charge in [0.1, 0.15) is 8.07 Å². The smallest absolute Gasteiger partial charge is 0.129 e. The Kier molecular flexibility index (Phi) is 2.50. The molecule has 0 saturated heterocycles. The van der Waals surface area contributed by atoms with E-state index in [1.165, 1.54) is 0 Å². The van der Waals surface area contributed by atoms with E-state index in [0.717, 1.165) is 0 Å². The van der Waals surface area contributed by atoms with Gasteiger partial charge in [0.15, 0.2) is 0 Å². The summed E-state index contributed by atoms with van der Waals surface area (Å²) in [5.41, 5.74) is 3.12. The lowest BCUT2D eigenvalue weighted by molar-refractivity contribution is 1.57. The minimum Gasteiger partial charge on any atom is -0.132 e. The number of hydrogen-bond donors (Lipinski definition) is 0. The second-order valence-corrected chi connectivity index (χ2v) is 14.4. The van der Waals surface area contributed by atoms with Gasteiger partial charge in [-0.05, 0) is 0 Å². The van der Waals surface area contributed by atoms with Crippen LogP contribution in [0.3, 0.4) is 0 Å². The molecule has 0 saturated carbocycles. The molecule has 0 radical (unpaired) electrons. The van der Waals surface area contributed by atoms with E-state index in [4.69, 9.17) is 2.74 Å². The zero-order chi connectivity index (χ0) is 10.9. The zero-order valence-electron chi connectivity index (χ0n) is 10.5. The zero-order valence-corrected chi connectivity index (χ0v) is 10.5. The van der Waals surface area contributed by atoms with E-state index in [1.54, 1.807) is 0 Å². The van der Waals surface area contributed by atoms with Crippen LogP contribution in [0.25, 0.3) is 0 Å². The SMILES string of the molecule is [2H]C([2H])(C#C[Si](C)(C)C)[Si](C)(C)C. The summed E-state index contributed by atoms with van der Waals surface area (Å²) in [6.07, 6.45) is 0. The van der Waals surface area contributed by atoms with Crippen molar-refractivity contribution in [2.24, 2.45) is 0 Å². The highest BCUT2D eigenvalue weighted by Gasteiger charge is 2.11. The molecule has 0 amide bonds. The van der Waals surface area contributed by atoms with Gasteiger partial charge in [-0.2, -0.15) is 0 Å². The third-order valence-corrected chi connectivity index (χ3v) is 2.62. The van der Waals surface area contributed by atoms with Crippen LogP contribution in [0.15, 0.2) is 0 Å². The second kappa shape index (κ2) is 3.60. The Balaban J connectivity index is 4.77. The minimum absolute atomic E-state index is 1.24. The maximum atomic E-state index is 7.83. The molecule has 11 heavy (non-hydrogen) atoms. The summed E-state index contributed by atoms with van der Waals surface area (Å²) in [5, 5.41) is 0. The van der Waals surface area contributed by atoms with Crippen LogP contribution >= 0.6 is 0 Å². The van der Waals surface area contributed by atoms with Crippen LogP contribution in [0.1, 0.15) is 2.74 Å². The molecule has 0 unspecified atom stereocenters. The van der Waals surface area contributed by atoms with Crippen molar-refractivity contribution in [3.63, 3.8) is 0 Å². The summed E-state index contributed by atoms with van der Waals surface area (Å²) in [6.45, 7) is 12.5. The van der Waals surface area contributed by atoms with Gasteiger partial charge >= 0.3 is 0 Å².